The minimum Gasteiger partial charge on any atom is -0.443 e. The zero-order valence-corrected chi connectivity index (χ0v) is 28.7. The monoisotopic (exact) mass is 708 g/mol. The molecule has 260 valence electrons. The Balaban J connectivity index is 1.31. The molecule has 6 heterocycles. The Morgan fingerprint density at radius 1 is 0.765 bits per heavy atom. The topological polar surface area (TPSA) is 204 Å². The molecule has 16 heteroatoms. The van der Waals surface area contributed by atoms with Gasteiger partial charge in [-0.2, -0.15) is 0 Å². The van der Waals surface area contributed by atoms with Crippen LogP contribution in [0.3, 0.4) is 0 Å². The van der Waals surface area contributed by atoms with Crippen LogP contribution in [0.5, 0.6) is 0 Å². The van der Waals surface area contributed by atoms with Crippen molar-refractivity contribution in [1.29, 1.82) is 0 Å². The number of hydrogen-bond acceptors (Lipinski definition) is 13. The number of rotatable bonds is 4. The van der Waals surface area contributed by atoms with E-state index in [-0.39, 0.29) is 63.9 Å². The Bertz CT molecular complexity index is 2240. The van der Waals surface area contributed by atoms with Crippen LogP contribution in [0.15, 0.2) is 78.7 Å². The van der Waals surface area contributed by atoms with Crippen molar-refractivity contribution in [1.82, 2.24) is 40.9 Å². The number of hydrogen-bond donors (Lipinski definition) is 3. The van der Waals surface area contributed by atoms with Gasteiger partial charge in [-0.05, 0) is 11.8 Å². The first-order valence-corrected chi connectivity index (χ1v) is 17.0. The van der Waals surface area contributed by atoms with E-state index in [9.17, 15) is 14.4 Å². The molecule has 3 atom stereocenters. The fourth-order valence-electron chi connectivity index (χ4n) is 5.32. The molecule has 0 saturated heterocycles. The molecule has 0 radical (unpaired) electrons. The largest absolute Gasteiger partial charge is 0.443 e. The smallest absolute Gasteiger partial charge is 0.274 e. The molecule has 51 heavy (non-hydrogen) atoms. The molecule has 15 nitrogen and oxygen atoms in total. The molecule has 6 aromatic rings. The van der Waals surface area contributed by atoms with Crippen molar-refractivity contribution in [3.8, 4) is 56.8 Å². The molecular formula is C35H32N8O7S. The van der Waals surface area contributed by atoms with E-state index >= 15 is 0 Å². The van der Waals surface area contributed by atoms with Crippen molar-refractivity contribution in [2.75, 3.05) is 0 Å². The molecule has 1 aliphatic rings. The quantitative estimate of drug-likeness (QED) is 0.198. The number of nitrogens with zero attached hydrogens (tertiary/aromatic N) is 5. The lowest BCUT2D eigenvalue weighted by Crippen LogP contribution is -2.57. The lowest BCUT2D eigenvalue weighted by Gasteiger charge is -2.27. The summed E-state index contributed by atoms with van der Waals surface area (Å²) in [6.07, 6.45) is 4.65. The molecule has 0 saturated carbocycles. The second-order valence-corrected chi connectivity index (χ2v) is 13.1. The first-order valence-electron chi connectivity index (χ1n) is 16.1. The number of benzene rings is 1. The minimum absolute atomic E-state index is 0.0172. The number of thiazole rings is 1. The fraction of sp³-hybridized carbons (Fsp3) is 0.257. The van der Waals surface area contributed by atoms with Gasteiger partial charge in [0, 0.05) is 10.9 Å². The van der Waals surface area contributed by atoms with Gasteiger partial charge in [-0.3, -0.25) is 14.4 Å². The number of nitrogens with one attached hydrogen (secondary N) is 3. The Morgan fingerprint density at radius 3 is 2.14 bits per heavy atom. The highest BCUT2D eigenvalue weighted by Gasteiger charge is 2.34. The van der Waals surface area contributed by atoms with Crippen LogP contribution < -0.4 is 16.0 Å². The number of carbonyl (C=O) groups is 3. The molecular weight excluding hydrogens is 677 g/mol. The summed E-state index contributed by atoms with van der Waals surface area (Å²) in [5.41, 5.74) is 1.92. The average Bonchev–Trinajstić information content (AvgIpc) is 3.97. The molecule has 10 bridgehead atoms. The van der Waals surface area contributed by atoms with E-state index in [2.05, 4.69) is 47.4 Å². The van der Waals surface area contributed by atoms with Crippen molar-refractivity contribution in [2.45, 2.75) is 46.2 Å². The van der Waals surface area contributed by atoms with Gasteiger partial charge in [0.1, 0.15) is 47.3 Å². The molecule has 0 aliphatic carbocycles. The maximum absolute atomic E-state index is 14.0. The molecule has 0 spiro atoms. The zero-order valence-electron chi connectivity index (χ0n) is 27.9. The van der Waals surface area contributed by atoms with E-state index in [1.807, 2.05) is 19.9 Å². The Kier molecular flexibility index (Phi) is 8.91. The lowest BCUT2D eigenvalue weighted by molar-refractivity contribution is -0.131. The molecule has 0 fully saturated rings. The fourth-order valence-corrected chi connectivity index (χ4v) is 6.06. The molecule has 0 unspecified atom stereocenters. The van der Waals surface area contributed by atoms with Gasteiger partial charge < -0.3 is 33.6 Å². The Labute approximate surface area is 294 Å². The van der Waals surface area contributed by atoms with Crippen LogP contribution in [0, 0.1) is 11.8 Å². The van der Waals surface area contributed by atoms with E-state index in [1.54, 1.807) is 43.5 Å². The SMILES string of the molecule is C=C1NC(=O)[C@@H](C(C)C)NC(=O)[C@H]([C@@H](C)CC)NC(=O)c2nc(oc2-c2ccccc2)-c2coc(n2)-c2csc(n2)-c2coc(n2)-c2coc1n2. The summed E-state index contributed by atoms with van der Waals surface area (Å²) in [5.74, 6) is -1.88. The summed E-state index contributed by atoms with van der Waals surface area (Å²) in [6.45, 7) is 11.2. The number of amides is 3. The third kappa shape index (κ3) is 6.60. The molecule has 1 aliphatic heterocycles. The zero-order chi connectivity index (χ0) is 35.8. The van der Waals surface area contributed by atoms with Gasteiger partial charge in [0.25, 0.3) is 5.91 Å². The average molecular weight is 709 g/mol. The van der Waals surface area contributed by atoms with E-state index in [4.69, 9.17) is 17.7 Å². The van der Waals surface area contributed by atoms with Gasteiger partial charge >= 0.3 is 0 Å². The normalized spacial score (nSPS) is 17.4. The van der Waals surface area contributed by atoms with Crippen molar-refractivity contribution < 1.29 is 32.1 Å². The van der Waals surface area contributed by atoms with Crippen LogP contribution in [0.25, 0.3) is 62.5 Å². The first kappa shape index (κ1) is 33.3. The van der Waals surface area contributed by atoms with E-state index in [0.29, 0.717) is 28.4 Å². The number of aromatic nitrogens is 5. The van der Waals surface area contributed by atoms with Crippen molar-refractivity contribution >= 4 is 34.8 Å². The molecule has 1 aromatic carbocycles. The van der Waals surface area contributed by atoms with Crippen molar-refractivity contribution in [3.63, 3.8) is 0 Å². The maximum atomic E-state index is 14.0. The van der Waals surface area contributed by atoms with Crippen LogP contribution in [0.2, 0.25) is 0 Å². The van der Waals surface area contributed by atoms with Gasteiger partial charge in [-0.1, -0.05) is 71.0 Å². The number of carbonyl (C=O) groups excluding carboxylic acids is 3. The highest BCUT2D eigenvalue weighted by Crippen LogP contribution is 2.34. The third-order valence-corrected chi connectivity index (χ3v) is 9.20. The molecule has 5 aromatic heterocycles. The van der Waals surface area contributed by atoms with Crippen LogP contribution >= 0.6 is 11.3 Å². The van der Waals surface area contributed by atoms with Crippen LogP contribution in [-0.4, -0.2) is 54.7 Å². The summed E-state index contributed by atoms with van der Waals surface area (Å²) < 4.78 is 23.1. The van der Waals surface area contributed by atoms with Gasteiger partial charge in [-0.25, -0.2) is 24.9 Å². The van der Waals surface area contributed by atoms with Crippen molar-refractivity contribution in [3.05, 3.63) is 72.7 Å². The summed E-state index contributed by atoms with van der Waals surface area (Å²) in [7, 11) is 0. The summed E-state index contributed by atoms with van der Waals surface area (Å²) >= 11 is 1.29. The summed E-state index contributed by atoms with van der Waals surface area (Å²) in [6, 6.07) is 6.94. The number of fused-ring (bicyclic) bond motifs is 14. The van der Waals surface area contributed by atoms with Gasteiger partial charge in [0.05, 0.1) is 5.70 Å². The first-order chi connectivity index (χ1) is 24.6. The summed E-state index contributed by atoms with van der Waals surface area (Å²) in [4.78, 5) is 64.0. The van der Waals surface area contributed by atoms with E-state index < -0.39 is 29.8 Å². The Morgan fingerprint density at radius 2 is 1.41 bits per heavy atom. The lowest BCUT2D eigenvalue weighted by atomic mass is 9.96. The van der Waals surface area contributed by atoms with Crippen molar-refractivity contribution in [2.24, 2.45) is 11.8 Å². The standard InChI is InChI=1S/C35H32N8O7S/c1-6-17(4)25-29(45)41-24(16(2)3)28(44)36-18(5)31-37-20(12-47-31)32-39-22(14-49-32)35-40-23(15-51-35)33-38-21(13-48-33)34-43-26(30(46)42-25)27(50-34)19-10-8-7-9-11-19/h7-17,24-25H,5-6H2,1-4H3,(H,36,44)(H,41,45)(H,42,46)/t17-,24+,25-/m0/s1. The minimum atomic E-state index is -1.04. The maximum Gasteiger partial charge on any atom is 0.274 e. The predicted octanol–water partition coefficient (Wildman–Crippen LogP) is 5.82. The second kappa shape index (κ2) is 13.6. The van der Waals surface area contributed by atoms with Gasteiger partial charge in [-0.15, -0.1) is 11.3 Å². The highest BCUT2D eigenvalue weighted by atomic mass is 32.1. The second-order valence-electron chi connectivity index (χ2n) is 12.2. The summed E-state index contributed by atoms with van der Waals surface area (Å²) in [5, 5.41) is 10.6. The van der Waals surface area contributed by atoms with E-state index in [0.717, 1.165) is 0 Å². The van der Waals surface area contributed by atoms with Crippen LogP contribution in [0.4, 0.5) is 0 Å². The number of oxazole rings is 4. The van der Waals surface area contributed by atoms with Crippen LogP contribution in [-0.2, 0) is 9.59 Å². The van der Waals surface area contributed by atoms with Gasteiger partial charge in [0.15, 0.2) is 22.8 Å². The van der Waals surface area contributed by atoms with Gasteiger partial charge in [0.2, 0.25) is 35.4 Å². The highest BCUT2D eigenvalue weighted by molar-refractivity contribution is 7.13. The Hall–Kier alpha value is -6.16. The molecule has 7 rings (SSSR count). The van der Waals surface area contributed by atoms with E-state index in [1.165, 1.54) is 30.1 Å². The predicted molar refractivity (Wildman–Crippen MR) is 184 cm³/mol. The van der Waals surface area contributed by atoms with Crippen LogP contribution in [0.1, 0.15) is 50.5 Å². The third-order valence-electron chi connectivity index (χ3n) is 8.33. The molecule has 3 N–H and O–H groups in total. The molecule has 3 amide bonds.